The average molecular weight is 437 g/mol. The maximum absolute atomic E-state index is 12.6. The quantitative estimate of drug-likeness (QED) is 0.623. The molecule has 0 radical (unpaired) electrons. The van der Waals surface area contributed by atoms with Crippen molar-refractivity contribution in [2.45, 2.75) is 18.9 Å². The van der Waals surface area contributed by atoms with E-state index in [4.69, 9.17) is 5.73 Å². The highest BCUT2D eigenvalue weighted by atomic mass is 16.2. The number of carbonyl (C=O) groups is 3. The summed E-state index contributed by atoms with van der Waals surface area (Å²) in [6.45, 7) is 3.59. The maximum atomic E-state index is 12.6. The summed E-state index contributed by atoms with van der Waals surface area (Å²) in [5.74, 6) is -0.858. The number of para-hydroxylation sites is 1. The summed E-state index contributed by atoms with van der Waals surface area (Å²) in [6, 6.07) is 10.9. The van der Waals surface area contributed by atoms with E-state index < -0.39 is 5.91 Å². The van der Waals surface area contributed by atoms with Gasteiger partial charge in [0.1, 0.15) is 5.69 Å². The van der Waals surface area contributed by atoms with E-state index in [0.717, 1.165) is 44.7 Å². The van der Waals surface area contributed by atoms with Crippen LogP contribution in [0.15, 0.2) is 42.6 Å². The molecule has 1 saturated carbocycles. The fourth-order valence-corrected chi connectivity index (χ4v) is 4.32. The van der Waals surface area contributed by atoms with Gasteiger partial charge in [-0.1, -0.05) is 12.1 Å². The van der Waals surface area contributed by atoms with Gasteiger partial charge in [-0.05, 0) is 37.1 Å². The number of hydrogen-bond donors (Lipinski definition) is 3. The number of nitrogens with two attached hydrogens (primary N) is 1. The minimum absolute atomic E-state index is 0.0552. The zero-order chi connectivity index (χ0) is 22.7. The van der Waals surface area contributed by atoms with Gasteiger partial charge in [-0.15, -0.1) is 0 Å². The predicted octanol–water partition coefficient (Wildman–Crippen LogP) is 1.08. The summed E-state index contributed by atoms with van der Waals surface area (Å²) in [5.41, 5.74) is 7.61. The van der Waals surface area contributed by atoms with Gasteiger partial charge in [-0.3, -0.25) is 19.3 Å². The lowest BCUT2D eigenvalue weighted by atomic mass is 9.78. The third kappa shape index (κ3) is 4.57. The highest BCUT2D eigenvalue weighted by molar-refractivity contribution is 6.03. The van der Waals surface area contributed by atoms with Crippen molar-refractivity contribution in [2.75, 3.05) is 43.4 Å². The number of benzene rings is 1. The van der Waals surface area contributed by atoms with Crippen molar-refractivity contribution in [3.63, 3.8) is 0 Å². The number of pyridine rings is 1. The standard InChI is InChI=1S/C23H28N6O3/c1-25-23(32)20-7-6-16(14-26-20)28-8-10-29(11-9-28)17-12-15(13-17)22(31)27-19-5-3-2-4-18(19)21(24)30/h2-7,14-15,17H,8-13H2,1H3,(H2,24,30)(H,25,32)(H,27,31). The first-order chi connectivity index (χ1) is 15.5. The van der Waals surface area contributed by atoms with Gasteiger partial charge < -0.3 is 21.3 Å². The van der Waals surface area contributed by atoms with E-state index >= 15 is 0 Å². The molecule has 9 heteroatoms. The van der Waals surface area contributed by atoms with Crippen molar-refractivity contribution in [2.24, 2.45) is 11.7 Å². The van der Waals surface area contributed by atoms with Crippen LogP contribution in [0.2, 0.25) is 0 Å². The van der Waals surface area contributed by atoms with E-state index in [1.165, 1.54) is 0 Å². The Kier molecular flexibility index (Phi) is 6.36. The van der Waals surface area contributed by atoms with Crippen LogP contribution in [0, 0.1) is 5.92 Å². The fourth-order valence-electron chi connectivity index (χ4n) is 4.32. The molecule has 2 aromatic rings. The molecule has 1 aromatic heterocycles. The molecule has 3 amide bonds. The lowest BCUT2D eigenvalue weighted by molar-refractivity contribution is -0.124. The number of nitrogens with one attached hydrogen (secondary N) is 2. The molecule has 32 heavy (non-hydrogen) atoms. The molecule has 0 bridgehead atoms. The Hall–Kier alpha value is -3.46. The van der Waals surface area contributed by atoms with Crippen molar-refractivity contribution >= 4 is 29.1 Å². The van der Waals surface area contributed by atoms with E-state index in [0.29, 0.717) is 23.0 Å². The summed E-state index contributed by atoms with van der Waals surface area (Å²) >= 11 is 0. The Balaban J connectivity index is 1.25. The normalized spacial score (nSPS) is 20.8. The minimum atomic E-state index is -0.552. The van der Waals surface area contributed by atoms with Crippen LogP contribution in [-0.2, 0) is 4.79 Å². The average Bonchev–Trinajstić information content (AvgIpc) is 2.78. The highest BCUT2D eigenvalue weighted by Gasteiger charge is 2.39. The van der Waals surface area contributed by atoms with Crippen LogP contribution in [0.5, 0.6) is 0 Å². The molecule has 1 aromatic carbocycles. The van der Waals surface area contributed by atoms with Crippen molar-refractivity contribution < 1.29 is 14.4 Å². The monoisotopic (exact) mass is 436 g/mol. The van der Waals surface area contributed by atoms with Gasteiger partial charge in [-0.25, -0.2) is 4.98 Å². The Morgan fingerprint density at radius 1 is 1.03 bits per heavy atom. The van der Waals surface area contributed by atoms with Crippen LogP contribution in [0.3, 0.4) is 0 Å². The van der Waals surface area contributed by atoms with Crippen LogP contribution in [0.25, 0.3) is 0 Å². The van der Waals surface area contributed by atoms with Gasteiger partial charge in [0, 0.05) is 45.2 Å². The Bertz CT molecular complexity index is 995. The van der Waals surface area contributed by atoms with Crippen molar-refractivity contribution in [1.29, 1.82) is 0 Å². The van der Waals surface area contributed by atoms with E-state index in [-0.39, 0.29) is 17.7 Å². The largest absolute Gasteiger partial charge is 0.368 e. The van der Waals surface area contributed by atoms with Crippen molar-refractivity contribution in [3.8, 4) is 0 Å². The zero-order valence-corrected chi connectivity index (χ0v) is 18.1. The number of aromatic nitrogens is 1. The molecule has 9 nitrogen and oxygen atoms in total. The molecule has 1 saturated heterocycles. The molecule has 4 rings (SSSR count). The van der Waals surface area contributed by atoms with E-state index in [1.54, 1.807) is 43.6 Å². The molecule has 1 aliphatic heterocycles. The summed E-state index contributed by atoms with van der Waals surface area (Å²) in [5, 5.41) is 5.43. The fraction of sp³-hybridized carbons (Fsp3) is 0.391. The van der Waals surface area contributed by atoms with Gasteiger partial charge in [-0.2, -0.15) is 0 Å². The van der Waals surface area contributed by atoms with Crippen LogP contribution in [0.1, 0.15) is 33.7 Å². The molecular weight excluding hydrogens is 408 g/mol. The Morgan fingerprint density at radius 3 is 2.38 bits per heavy atom. The lowest BCUT2D eigenvalue weighted by Gasteiger charge is -2.46. The van der Waals surface area contributed by atoms with Crippen molar-refractivity contribution in [1.82, 2.24) is 15.2 Å². The van der Waals surface area contributed by atoms with Gasteiger partial charge in [0.05, 0.1) is 23.1 Å². The van der Waals surface area contributed by atoms with E-state index in [1.807, 2.05) is 6.07 Å². The summed E-state index contributed by atoms with van der Waals surface area (Å²) in [4.78, 5) is 44.7. The van der Waals surface area contributed by atoms with Crippen molar-refractivity contribution in [3.05, 3.63) is 53.9 Å². The number of amides is 3. The summed E-state index contributed by atoms with van der Waals surface area (Å²) in [6.07, 6.45) is 3.37. The molecule has 2 aliphatic rings. The Morgan fingerprint density at radius 2 is 1.75 bits per heavy atom. The number of nitrogens with zero attached hydrogens (tertiary/aromatic N) is 3. The zero-order valence-electron chi connectivity index (χ0n) is 18.1. The lowest BCUT2D eigenvalue weighted by Crippen LogP contribution is -2.55. The second-order valence-electron chi connectivity index (χ2n) is 8.23. The smallest absolute Gasteiger partial charge is 0.269 e. The van der Waals surface area contributed by atoms with Gasteiger partial charge in [0.25, 0.3) is 11.8 Å². The predicted molar refractivity (Wildman–Crippen MR) is 122 cm³/mol. The van der Waals surface area contributed by atoms with Crippen LogP contribution >= 0.6 is 0 Å². The molecule has 2 fully saturated rings. The van der Waals surface area contributed by atoms with Gasteiger partial charge in [0.15, 0.2) is 0 Å². The minimum Gasteiger partial charge on any atom is -0.368 e. The molecule has 0 spiro atoms. The van der Waals surface area contributed by atoms with E-state index in [9.17, 15) is 14.4 Å². The first-order valence-corrected chi connectivity index (χ1v) is 10.8. The third-order valence-corrected chi connectivity index (χ3v) is 6.34. The van der Waals surface area contributed by atoms with E-state index in [2.05, 4.69) is 25.4 Å². The highest BCUT2D eigenvalue weighted by Crippen LogP contribution is 2.34. The first-order valence-electron chi connectivity index (χ1n) is 10.8. The molecule has 1 aliphatic carbocycles. The third-order valence-electron chi connectivity index (χ3n) is 6.34. The summed E-state index contributed by atoms with van der Waals surface area (Å²) in [7, 11) is 1.59. The number of primary amides is 1. The number of rotatable bonds is 6. The molecular formula is C23H28N6O3. The Labute approximate surface area is 187 Å². The molecule has 4 N–H and O–H groups in total. The summed E-state index contributed by atoms with van der Waals surface area (Å²) < 4.78 is 0. The second-order valence-corrected chi connectivity index (χ2v) is 8.23. The number of carbonyl (C=O) groups excluding carboxylic acids is 3. The maximum Gasteiger partial charge on any atom is 0.269 e. The topological polar surface area (TPSA) is 121 Å². The number of anilines is 2. The van der Waals surface area contributed by atoms with Crippen LogP contribution in [0.4, 0.5) is 11.4 Å². The number of piperazine rings is 1. The second kappa shape index (κ2) is 9.35. The van der Waals surface area contributed by atoms with Gasteiger partial charge >= 0.3 is 0 Å². The SMILES string of the molecule is CNC(=O)c1ccc(N2CCN(C3CC(C(=O)Nc4ccccc4C(N)=O)C3)CC2)cn1. The van der Waals surface area contributed by atoms with Crippen LogP contribution < -0.4 is 21.3 Å². The molecule has 168 valence electrons. The number of hydrogen-bond acceptors (Lipinski definition) is 6. The van der Waals surface area contributed by atoms with Gasteiger partial charge in [0.2, 0.25) is 5.91 Å². The first kappa shape index (κ1) is 21.8. The molecule has 0 atom stereocenters. The van der Waals surface area contributed by atoms with Crippen LogP contribution in [-0.4, -0.2) is 66.9 Å². The molecule has 0 unspecified atom stereocenters. The molecule has 2 heterocycles.